The van der Waals surface area contributed by atoms with Crippen LogP contribution in [0.4, 0.5) is 0 Å². The predicted octanol–water partition coefficient (Wildman–Crippen LogP) is 1.89. The average molecular weight is 200 g/mol. The van der Waals surface area contributed by atoms with Crippen molar-refractivity contribution < 1.29 is 14.9 Å². The van der Waals surface area contributed by atoms with Gasteiger partial charge in [-0.05, 0) is 51.9 Å². The molecule has 14 heavy (non-hydrogen) atoms. The number of hydrogen-bond acceptors (Lipinski definition) is 3. The molecule has 0 aromatic rings. The smallest absolute Gasteiger partial charge is 0.122 e. The van der Waals surface area contributed by atoms with Crippen LogP contribution in [0.2, 0.25) is 0 Å². The van der Waals surface area contributed by atoms with E-state index in [1.165, 1.54) is 6.42 Å². The SMILES string of the molecule is CC(C)(C)OO[C@@H]1[C@@H]2CC[C@@H](C2)[C@H]1O. The third-order valence-electron chi connectivity index (χ3n) is 3.21. The molecule has 0 radical (unpaired) electrons. The van der Waals surface area contributed by atoms with Gasteiger partial charge in [0.1, 0.15) is 6.10 Å². The third kappa shape index (κ3) is 1.95. The highest BCUT2D eigenvalue weighted by Crippen LogP contribution is 2.46. The molecule has 0 saturated heterocycles. The van der Waals surface area contributed by atoms with Crippen LogP contribution in [-0.2, 0) is 9.78 Å². The standard InChI is InChI=1S/C11H20O3/c1-11(2,3)14-13-10-8-5-4-7(6-8)9(10)12/h7-10,12H,4-6H2,1-3H3/t7-,8+,9+,10+/m0/s1. The topological polar surface area (TPSA) is 38.7 Å². The molecule has 2 aliphatic carbocycles. The Hall–Kier alpha value is -0.120. The number of aliphatic hydroxyl groups is 1. The Bertz CT molecular complexity index is 207. The van der Waals surface area contributed by atoms with E-state index >= 15 is 0 Å². The number of rotatable bonds is 2. The van der Waals surface area contributed by atoms with Crippen LogP contribution in [0.15, 0.2) is 0 Å². The van der Waals surface area contributed by atoms with Gasteiger partial charge in [0.25, 0.3) is 0 Å². The number of hydrogen-bond donors (Lipinski definition) is 1. The van der Waals surface area contributed by atoms with Gasteiger partial charge in [-0.25, -0.2) is 9.78 Å². The van der Waals surface area contributed by atoms with E-state index in [0.717, 1.165) is 12.8 Å². The highest BCUT2D eigenvalue weighted by Gasteiger charge is 2.48. The van der Waals surface area contributed by atoms with Crippen LogP contribution < -0.4 is 0 Å². The van der Waals surface area contributed by atoms with Gasteiger partial charge in [0, 0.05) is 0 Å². The predicted molar refractivity (Wildman–Crippen MR) is 52.5 cm³/mol. The van der Waals surface area contributed by atoms with Gasteiger partial charge >= 0.3 is 0 Å². The molecule has 4 atom stereocenters. The molecule has 3 heteroatoms. The summed E-state index contributed by atoms with van der Waals surface area (Å²) in [6, 6.07) is 0. The molecule has 1 N–H and O–H groups in total. The first kappa shape index (κ1) is 10.4. The largest absolute Gasteiger partial charge is 0.390 e. The van der Waals surface area contributed by atoms with E-state index in [1.54, 1.807) is 0 Å². The second kappa shape index (κ2) is 3.47. The van der Waals surface area contributed by atoms with Gasteiger partial charge in [-0.1, -0.05) is 0 Å². The Balaban J connectivity index is 1.87. The lowest BCUT2D eigenvalue weighted by atomic mass is 9.95. The van der Waals surface area contributed by atoms with E-state index in [1.807, 2.05) is 20.8 Å². The second-order valence-corrected chi connectivity index (χ2v) is 5.58. The maximum Gasteiger partial charge on any atom is 0.122 e. The van der Waals surface area contributed by atoms with Crippen molar-refractivity contribution in [2.45, 2.75) is 57.8 Å². The van der Waals surface area contributed by atoms with E-state index in [2.05, 4.69) is 0 Å². The molecular formula is C11H20O3. The lowest BCUT2D eigenvalue weighted by Crippen LogP contribution is -2.37. The molecule has 0 heterocycles. The van der Waals surface area contributed by atoms with Crippen molar-refractivity contribution in [3.8, 4) is 0 Å². The molecule has 2 fully saturated rings. The van der Waals surface area contributed by atoms with Gasteiger partial charge in [-0.2, -0.15) is 0 Å². The monoisotopic (exact) mass is 200 g/mol. The Morgan fingerprint density at radius 2 is 1.79 bits per heavy atom. The number of fused-ring (bicyclic) bond motifs is 2. The summed E-state index contributed by atoms with van der Waals surface area (Å²) in [5, 5.41) is 9.87. The molecule has 2 rings (SSSR count). The molecule has 82 valence electrons. The fourth-order valence-corrected chi connectivity index (χ4v) is 2.54. The summed E-state index contributed by atoms with van der Waals surface area (Å²) in [7, 11) is 0. The van der Waals surface area contributed by atoms with Crippen molar-refractivity contribution in [3.05, 3.63) is 0 Å². The van der Waals surface area contributed by atoms with Crippen LogP contribution in [0.5, 0.6) is 0 Å². The molecular weight excluding hydrogens is 180 g/mol. The summed E-state index contributed by atoms with van der Waals surface area (Å²) in [6.07, 6.45) is 3.05. The van der Waals surface area contributed by atoms with Crippen molar-refractivity contribution in [1.29, 1.82) is 0 Å². The molecule has 0 amide bonds. The lowest BCUT2D eigenvalue weighted by molar-refractivity contribution is -0.388. The molecule has 2 aliphatic rings. The van der Waals surface area contributed by atoms with Gasteiger partial charge in [-0.3, -0.25) is 0 Å². The number of aliphatic hydroxyl groups excluding tert-OH is 1. The minimum Gasteiger partial charge on any atom is -0.390 e. The molecule has 0 spiro atoms. The van der Waals surface area contributed by atoms with Crippen molar-refractivity contribution in [2.75, 3.05) is 0 Å². The first-order valence-corrected chi connectivity index (χ1v) is 5.50. The van der Waals surface area contributed by atoms with E-state index in [9.17, 15) is 5.11 Å². The third-order valence-corrected chi connectivity index (χ3v) is 3.21. The summed E-state index contributed by atoms with van der Waals surface area (Å²) in [6.45, 7) is 5.85. The quantitative estimate of drug-likeness (QED) is 0.546. The van der Waals surface area contributed by atoms with Crippen molar-refractivity contribution in [2.24, 2.45) is 11.8 Å². The molecule has 0 aliphatic heterocycles. The first-order chi connectivity index (χ1) is 6.47. The molecule has 0 unspecified atom stereocenters. The van der Waals surface area contributed by atoms with Crippen molar-refractivity contribution >= 4 is 0 Å². The van der Waals surface area contributed by atoms with Gasteiger partial charge < -0.3 is 5.11 Å². The Morgan fingerprint density at radius 1 is 1.14 bits per heavy atom. The zero-order valence-electron chi connectivity index (χ0n) is 9.19. The van der Waals surface area contributed by atoms with Crippen LogP contribution >= 0.6 is 0 Å². The highest BCUT2D eigenvalue weighted by atomic mass is 17.2. The summed E-state index contributed by atoms with van der Waals surface area (Å²) in [5.74, 6) is 0.964. The maximum atomic E-state index is 9.87. The molecule has 2 saturated carbocycles. The van der Waals surface area contributed by atoms with Crippen molar-refractivity contribution in [1.82, 2.24) is 0 Å². The molecule has 0 aromatic carbocycles. The minimum atomic E-state index is -0.309. The Morgan fingerprint density at radius 3 is 2.29 bits per heavy atom. The normalized spacial score (nSPS) is 42.0. The first-order valence-electron chi connectivity index (χ1n) is 5.50. The van der Waals surface area contributed by atoms with Crippen LogP contribution in [0.25, 0.3) is 0 Å². The zero-order chi connectivity index (χ0) is 10.3. The minimum absolute atomic E-state index is 0.0898. The van der Waals surface area contributed by atoms with E-state index in [4.69, 9.17) is 9.78 Å². The molecule has 0 aromatic heterocycles. The fraction of sp³-hybridized carbons (Fsp3) is 1.00. The summed E-state index contributed by atoms with van der Waals surface area (Å²) >= 11 is 0. The van der Waals surface area contributed by atoms with Crippen LogP contribution in [-0.4, -0.2) is 22.9 Å². The fourth-order valence-electron chi connectivity index (χ4n) is 2.54. The lowest BCUT2D eigenvalue weighted by Gasteiger charge is -2.29. The van der Waals surface area contributed by atoms with Gasteiger partial charge in [-0.15, -0.1) is 0 Å². The van der Waals surface area contributed by atoms with Gasteiger partial charge in [0.05, 0.1) is 11.7 Å². The molecule has 2 bridgehead atoms. The maximum absolute atomic E-state index is 9.87. The van der Waals surface area contributed by atoms with Crippen molar-refractivity contribution in [3.63, 3.8) is 0 Å². The summed E-state index contributed by atoms with van der Waals surface area (Å²) < 4.78 is 0. The second-order valence-electron chi connectivity index (χ2n) is 5.58. The van der Waals surface area contributed by atoms with Gasteiger partial charge in [0.2, 0.25) is 0 Å². The van der Waals surface area contributed by atoms with Crippen LogP contribution in [0, 0.1) is 11.8 Å². The average Bonchev–Trinajstić information content (AvgIpc) is 2.60. The highest BCUT2D eigenvalue weighted by molar-refractivity contribution is 4.97. The van der Waals surface area contributed by atoms with Gasteiger partial charge in [0.15, 0.2) is 0 Å². The Labute approximate surface area is 85.3 Å². The Kier molecular flexibility index (Phi) is 2.58. The van der Waals surface area contributed by atoms with E-state index in [-0.39, 0.29) is 17.8 Å². The zero-order valence-corrected chi connectivity index (χ0v) is 9.19. The van der Waals surface area contributed by atoms with E-state index in [0.29, 0.717) is 11.8 Å². The summed E-state index contributed by atoms with van der Waals surface area (Å²) in [4.78, 5) is 10.6. The van der Waals surface area contributed by atoms with Crippen LogP contribution in [0.3, 0.4) is 0 Å². The van der Waals surface area contributed by atoms with E-state index < -0.39 is 0 Å². The summed E-state index contributed by atoms with van der Waals surface area (Å²) in [5.41, 5.74) is -0.290. The van der Waals surface area contributed by atoms with Crippen LogP contribution in [0.1, 0.15) is 40.0 Å². The molecule has 3 nitrogen and oxygen atoms in total.